The van der Waals surface area contributed by atoms with Gasteiger partial charge in [-0.05, 0) is 42.8 Å². The second-order valence-electron chi connectivity index (χ2n) is 3.83. The minimum Gasteiger partial charge on any atom is -0.481 e. The minimum absolute atomic E-state index is 0.245. The molecule has 0 spiro atoms. The van der Waals surface area contributed by atoms with Crippen LogP contribution in [0.5, 0.6) is 0 Å². The van der Waals surface area contributed by atoms with Crippen LogP contribution in [0, 0.1) is 0 Å². The first-order chi connectivity index (χ1) is 7.09. The number of nitrogens with zero attached hydrogens (tertiary/aromatic N) is 1. The number of hydrogen-bond acceptors (Lipinski definition) is 3. The van der Waals surface area contributed by atoms with Gasteiger partial charge in [0.1, 0.15) is 0 Å². The zero-order chi connectivity index (χ0) is 11.3. The van der Waals surface area contributed by atoms with Crippen LogP contribution in [0.1, 0.15) is 25.3 Å². The number of carbonyl (C=O) groups is 1. The fourth-order valence-electron chi connectivity index (χ4n) is 1.38. The molecule has 1 unspecified atom stereocenters. The number of thiophene rings is 1. The molecule has 0 aliphatic rings. The van der Waals surface area contributed by atoms with Crippen LogP contribution in [0.4, 0.5) is 0 Å². The van der Waals surface area contributed by atoms with Gasteiger partial charge in [0.25, 0.3) is 0 Å². The maximum atomic E-state index is 10.4. The van der Waals surface area contributed by atoms with Gasteiger partial charge in [0.05, 0.1) is 0 Å². The van der Waals surface area contributed by atoms with Gasteiger partial charge in [-0.3, -0.25) is 9.69 Å². The van der Waals surface area contributed by atoms with E-state index in [4.69, 9.17) is 5.11 Å². The molecule has 0 saturated carbocycles. The summed E-state index contributed by atoms with van der Waals surface area (Å²) in [6.45, 7) is 2.96. The molecule has 0 radical (unpaired) electrons. The fourth-order valence-corrected chi connectivity index (χ4v) is 2.04. The van der Waals surface area contributed by atoms with Crippen molar-refractivity contribution in [2.24, 2.45) is 0 Å². The summed E-state index contributed by atoms with van der Waals surface area (Å²) in [5.74, 6) is -0.717. The maximum Gasteiger partial charge on any atom is 0.303 e. The molecule has 3 nitrogen and oxygen atoms in total. The lowest BCUT2D eigenvalue weighted by Crippen LogP contribution is -2.28. The molecule has 0 saturated heterocycles. The van der Waals surface area contributed by atoms with E-state index in [0.29, 0.717) is 12.5 Å². The molecule has 0 aromatic carbocycles. The average Bonchev–Trinajstić information content (AvgIpc) is 2.66. The van der Waals surface area contributed by atoms with Crippen molar-refractivity contribution < 1.29 is 9.90 Å². The number of aliphatic carboxylic acids is 1. The average molecular weight is 227 g/mol. The van der Waals surface area contributed by atoms with E-state index in [2.05, 4.69) is 28.7 Å². The molecule has 15 heavy (non-hydrogen) atoms. The summed E-state index contributed by atoms with van der Waals surface area (Å²) in [7, 11) is 2.03. The Labute approximate surface area is 94.3 Å². The van der Waals surface area contributed by atoms with Crippen LogP contribution in [-0.4, -0.2) is 29.1 Å². The van der Waals surface area contributed by atoms with Crippen molar-refractivity contribution in [2.45, 2.75) is 32.4 Å². The lowest BCUT2D eigenvalue weighted by molar-refractivity contribution is -0.137. The third kappa shape index (κ3) is 4.44. The fraction of sp³-hybridized carbons (Fsp3) is 0.545. The summed E-state index contributed by atoms with van der Waals surface area (Å²) in [6.07, 6.45) is 0.950. The Morgan fingerprint density at radius 3 is 2.93 bits per heavy atom. The molecular weight excluding hydrogens is 210 g/mol. The molecule has 1 aromatic rings. The largest absolute Gasteiger partial charge is 0.481 e. The Morgan fingerprint density at radius 2 is 2.40 bits per heavy atom. The Bertz CT molecular complexity index is 298. The molecule has 1 rings (SSSR count). The minimum atomic E-state index is -0.717. The highest BCUT2D eigenvalue weighted by Gasteiger charge is 2.11. The van der Waals surface area contributed by atoms with E-state index in [9.17, 15) is 4.79 Å². The van der Waals surface area contributed by atoms with Gasteiger partial charge in [-0.25, -0.2) is 0 Å². The molecule has 1 atom stereocenters. The van der Waals surface area contributed by atoms with E-state index in [1.807, 2.05) is 7.05 Å². The van der Waals surface area contributed by atoms with Crippen molar-refractivity contribution in [3.8, 4) is 0 Å². The summed E-state index contributed by atoms with van der Waals surface area (Å²) in [4.78, 5) is 12.6. The van der Waals surface area contributed by atoms with Crippen molar-refractivity contribution in [3.05, 3.63) is 22.4 Å². The summed E-state index contributed by atoms with van der Waals surface area (Å²) < 4.78 is 0. The Balaban J connectivity index is 2.33. The van der Waals surface area contributed by atoms with Gasteiger partial charge >= 0.3 is 5.97 Å². The molecule has 1 aromatic heterocycles. The maximum absolute atomic E-state index is 10.4. The van der Waals surface area contributed by atoms with Gasteiger partial charge in [0.15, 0.2) is 0 Å². The second-order valence-corrected chi connectivity index (χ2v) is 4.61. The topological polar surface area (TPSA) is 40.5 Å². The standard InChI is InChI=1S/C11H17NO2S/c1-9(3-4-11(13)14)12(2)7-10-5-6-15-8-10/h5-6,8-9H,3-4,7H2,1-2H3,(H,13,14). The summed E-state index contributed by atoms with van der Waals surface area (Å²) in [5.41, 5.74) is 1.30. The third-order valence-electron chi connectivity index (χ3n) is 2.54. The van der Waals surface area contributed by atoms with Gasteiger partial charge in [0.2, 0.25) is 0 Å². The van der Waals surface area contributed by atoms with E-state index in [-0.39, 0.29) is 6.42 Å². The molecule has 0 amide bonds. The van der Waals surface area contributed by atoms with Crippen LogP contribution in [0.15, 0.2) is 16.8 Å². The zero-order valence-electron chi connectivity index (χ0n) is 9.14. The van der Waals surface area contributed by atoms with E-state index in [1.165, 1.54) is 5.56 Å². The highest BCUT2D eigenvalue weighted by atomic mass is 32.1. The predicted molar refractivity (Wildman–Crippen MR) is 62.1 cm³/mol. The molecule has 1 N–H and O–H groups in total. The molecule has 84 valence electrons. The van der Waals surface area contributed by atoms with Crippen molar-refractivity contribution >= 4 is 17.3 Å². The molecule has 0 fully saturated rings. The van der Waals surface area contributed by atoms with Crippen molar-refractivity contribution in [1.82, 2.24) is 4.90 Å². The molecule has 4 heteroatoms. The Morgan fingerprint density at radius 1 is 1.67 bits per heavy atom. The van der Waals surface area contributed by atoms with Gasteiger partial charge in [0, 0.05) is 19.0 Å². The van der Waals surface area contributed by atoms with Crippen LogP contribution in [0.25, 0.3) is 0 Å². The summed E-state index contributed by atoms with van der Waals surface area (Å²) in [5, 5.41) is 12.8. The highest BCUT2D eigenvalue weighted by molar-refractivity contribution is 7.07. The third-order valence-corrected chi connectivity index (χ3v) is 3.27. The number of carboxylic acid groups (broad SMARTS) is 1. The highest BCUT2D eigenvalue weighted by Crippen LogP contribution is 2.12. The van der Waals surface area contributed by atoms with Gasteiger partial charge in [-0.2, -0.15) is 11.3 Å². The van der Waals surface area contributed by atoms with Crippen molar-refractivity contribution in [2.75, 3.05) is 7.05 Å². The van der Waals surface area contributed by atoms with E-state index < -0.39 is 5.97 Å². The summed E-state index contributed by atoms with van der Waals surface area (Å²) in [6, 6.07) is 2.41. The lowest BCUT2D eigenvalue weighted by Gasteiger charge is -2.23. The molecule has 0 aliphatic carbocycles. The first-order valence-corrected chi connectivity index (χ1v) is 5.97. The zero-order valence-corrected chi connectivity index (χ0v) is 9.96. The van der Waals surface area contributed by atoms with Gasteiger partial charge < -0.3 is 5.11 Å². The predicted octanol–water partition coefficient (Wildman–Crippen LogP) is 2.43. The van der Waals surface area contributed by atoms with Crippen LogP contribution in [-0.2, 0) is 11.3 Å². The van der Waals surface area contributed by atoms with Crippen LogP contribution >= 0.6 is 11.3 Å². The Kier molecular flexibility index (Phi) is 4.78. The SMILES string of the molecule is CC(CCC(=O)O)N(C)Cc1ccsc1. The second kappa shape index (κ2) is 5.88. The number of carboxylic acids is 1. The van der Waals surface area contributed by atoms with Crippen LogP contribution in [0.3, 0.4) is 0 Å². The first-order valence-electron chi connectivity index (χ1n) is 5.02. The number of hydrogen-bond donors (Lipinski definition) is 1. The normalized spacial score (nSPS) is 13.0. The Hall–Kier alpha value is -0.870. The molecule has 0 bridgehead atoms. The monoisotopic (exact) mass is 227 g/mol. The lowest BCUT2D eigenvalue weighted by atomic mass is 10.1. The molecule has 1 heterocycles. The van der Waals surface area contributed by atoms with Gasteiger partial charge in [-0.1, -0.05) is 0 Å². The van der Waals surface area contributed by atoms with E-state index in [0.717, 1.165) is 6.54 Å². The summed E-state index contributed by atoms with van der Waals surface area (Å²) >= 11 is 1.69. The van der Waals surface area contributed by atoms with E-state index >= 15 is 0 Å². The molecule has 0 aliphatic heterocycles. The van der Waals surface area contributed by atoms with Crippen molar-refractivity contribution in [3.63, 3.8) is 0 Å². The smallest absolute Gasteiger partial charge is 0.303 e. The first kappa shape index (κ1) is 12.2. The quantitative estimate of drug-likeness (QED) is 0.811. The van der Waals surface area contributed by atoms with Crippen LogP contribution < -0.4 is 0 Å². The van der Waals surface area contributed by atoms with E-state index in [1.54, 1.807) is 11.3 Å². The van der Waals surface area contributed by atoms with Crippen molar-refractivity contribution in [1.29, 1.82) is 0 Å². The molecular formula is C11H17NO2S. The van der Waals surface area contributed by atoms with Gasteiger partial charge in [-0.15, -0.1) is 0 Å². The van der Waals surface area contributed by atoms with Crippen LogP contribution in [0.2, 0.25) is 0 Å². The number of rotatable bonds is 6.